The Bertz CT molecular complexity index is 269. The molecule has 0 radical (unpaired) electrons. The summed E-state index contributed by atoms with van der Waals surface area (Å²) in [5.41, 5.74) is 0. The van der Waals surface area contributed by atoms with Crippen molar-refractivity contribution in [1.29, 1.82) is 0 Å². The summed E-state index contributed by atoms with van der Waals surface area (Å²) in [5, 5.41) is 1.87. The van der Waals surface area contributed by atoms with Gasteiger partial charge in [0, 0.05) is 26.7 Å². The van der Waals surface area contributed by atoms with Gasteiger partial charge in [0.15, 0.2) is 8.32 Å². The van der Waals surface area contributed by atoms with E-state index < -0.39 is 25.7 Å². The number of hydrogen-bond donors (Lipinski definition) is 0. The number of rotatable bonds is 9. The van der Waals surface area contributed by atoms with Gasteiger partial charge < -0.3 is 12.7 Å². The van der Waals surface area contributed by atoms with E-state index in [-0.39, 0.29) is 0 Å². The molecule has 0 fully saturated rings. The van der Waals surface area contributed by atoms with E-state index in [1.54, 1.807) is 7.11 Å². The first-order chi connectivity index (χ1) is 8.47. The molecular weight excluding hydrogens is 294 g/mol. The highest BCUT2D eigenvalue weighted by atomic mass is 28.5. The Labute approximate surface area is 121 Å². The minimum Gasteiger partial charge on any atom is -0.437 e. The molecule has 0 aliphatic heterocycles. The van der Waals surface area contributed by atoms with Gasteiger partial charge in [0.2, 0.25) is 0 Å². The van der Waals surface area contributed by atoms with Crippen LogP contribution < -0.4 is 0 Å². The van der Waals surface area contributed by atoms with Gasteiger partial charge in [0.1, 0.15) is 0 Å². The van der Waals surface area contributed by atoms with Crippen molar-refractivity contribution in [3.63, 3.8) is 0 Å². The summed E-state index contributed by atoms with van der Waals surface area (Å²) in [6.45, 7) is 18.3. The summed E-state index contributed by atoms with van der Waals surface area (Å²) in [7, 11) is -4.90. The van der Waals surface area contributed by atoms with Gasteiger partial charge in [-0.25, -0.2) is 0 Å². The highest BCUT2D eigenvalue weighted by Crippen LogP contribution is 2.22. The molecule has 1 atom stereocenters. The minimum atomic E-state index is -2.68. The Morgan fingerprint density at radius 3 is 1.63 bits per heavy atom. The number of hydrogen-bond acceptors (Lipinski definition) is 5. The third-order valence-corrected chi connectivity index (χ3v) is 11.6. The normalized spacial score (nSPS) is 16.7. The molecule has 8 heteroatoms. The molecule has 19 heavy (non-hydrogen) atoms. The Hall–Kier alpha value is 0.451. The lowest BCUT2D eigenvalue weighted by Gasteiger charge is -2.38. The second-order valence-corrected chi connectivity index (χ2v) is 17.0. The van der Waals surface area contributed by atoms with E-state index in [1.807, 2.05) is 11.6 Å². The average molecular weight is 326 g/mol. The van der Waals surface area contributed by atoms with Crippen LogP contribution in [0.5, 0.6) is 0 Å². The van der Waals surface area contributed by atoms with Crippen molar-refractivity contribution in [2.45, 2.75) is 53.1 Å². The molecule has 0 saturated heterocycles. The number of hydroxylamine groups is 2. The van der Waals surface area contributed by atoms with Crippen molar-refractivity contribution in [1.82, 2.24) is 5.06 Å². The van der Waals surface area contributed by atoms with Gasteiger partial charge >= 0.3 is 17.4 Å². The Morgan fingerprint density at radius 2 is 1.32 bits per heavy atom. The third kappa shape index (κ3) is 8.35. The molecule has 0 rings (SSSR count). The largest absolute Gasteiger partial charge is 0.505 e. The van der Waals surface area contributed by atoms with Gasteiger partial charge in [-0.15, -0.1) is 0 Å². The van der Waals surface area contributed by atoms with Crippen LogP contribution in [0.3, 0.4) is 0 Å². The second kappa shape index (κ2) is 7.46. The predicted molar refractivity (Wildman–Crippen MR) is 85.6 cm³/mol. The lowest BCUT2D eigenvalue weighted by Crippen LogP contribution is -2.57. The van der Waals surface area contributed by atoms with Crippen LogP contribution in [0.2, 0.25) is 39.3 Å². The van der Waals surface area contributed by atoms with E-state index in [0.29, 0.717) is 0 Å². The molecule has 0 spiro atoms. The Morgan fingerprint density at radius 1 is 0.842 bits per heavy atom. The fraction of sp³-hybridized carbons (Fsp3) is 1.00. The topological polar surface area (TPSA) is 40.2 Å². The third-order valence-electron chi connectivity index (χ3n) is 2.35. The lowest BCUT2D eigenvalue weighted by atomic mass is 10.6. The smallest absolute Gasteiger partial charge is 0.437 e. The fourth-order valence-corrected chi connectivity index (χ4v) is 13.2. The Balaban J connectivity index is 4.76. The van der Waals surface area contributed by atoms with Crippen LogP contribution in [-0.4, -0.2) is 50.9 Å². The van der Waals surface area contributed by atoms with E-state index in [4.69, 9.17) is 17.2 Å². The van der Waals surface area contributed by atoms with Crippen LogP contribution in [0.1, 0.15) is 13.8 Å². The molecular formula is C11H31NO4Si3. The summed E-state index contributed by atoms with van der Waals surface area (Å²) in [5.74, 6) is 0. The molecule has 1 unspecified atom stereocenters. The highest BCUT2D eigenvalue weighted by Gasteiger charge is 2.45. The predicted octanol–water partition coefficient (Wildman–Crippen LogP) is 3.04. The molecule has 5 nitrogen and oxygen atoms in total. The lowest BCUT2D eigenvalue weighted by molar-refractivity contribution is -0.103. The van der Waals surface area contributed by atoms with Gasteiger partial charge in [-0.3, -0.25) is 4.53 Å². The zero-order valence-corrected chi connectivity index (χ0v) is 17.0. The minimum absolute atomic E-state index is 0.808. The van der Waals surface area contributed by atoms with Gasteiger partial charge in [-0.2, -0.15) is 5.06 Å². The van der Waals surface area contributed by atoms with Crippen LogP contribution in [0.25, 0.3) is 0 Å². The van der Waals surface area contributed by atoms with Crippen LogP contribution in [0, 0.1) is 0 Å². The maximum Gasteiger partial charge on any atom is 0.505 e. The quantitative estimate of drug-likeness (QED) is 0.481. The van der Waals surface area contributed by atoms with Crippen molar-refractivity contribution in [3.8, 4) is 0 Å². The standard InChI is InChI=1S/C11H31NO4Si3/c1-10-12(11-2)14-19(9,13-3)16-18(7,8)15-17(4,5)6/h10-11H2,1-9H3. The maximum absolute atomic E-state index is 6.19. The van der Waals surface area contributed by atoms with Crippen LogP contribution in [0.4, 0.5) is 0 Å². The molecule has 0 heterocycles. The molecule has 0 amide bonds. The zero-order valence-electron chi connectivity index (χ0n) is 14.0. The first kappa shape index (κ1) is 19.5. The Kier molecular flexibility index (Phi) is 7.63. The fourth-order valence-electron chi connectivity index (χ4n) is 1.89. The van der Waals surface area contributed by atoms with Crippen molar-refractivity contribution >= 4 is 25.7 Å². The summed E-state index contributed by atoms with van der Waals surface area (Å²) in [4.78, 5) is 0. The van der Waals surface area contributed by atoms with Crippen LogP contribution in [-0.2, 0) is 17.2 Å². The molecule has 0 saturated carbocycles. The molecule has 0 N–H and O–H groups in total. The monoisotopic (exact) mass is 325 g/mol. The molecule has 0 aromatic rings. The zero-order chi connectivity index (χ0) is 15.3. The van der Waals surface area contributed by atoms with E-state index in [0.717, 1.165) is 13.1 Å². The van der Waals surface area contributed by atoms with Crippen molar-refractivity contribution in [2.24, 2.45) is 0 Å². The van der Waals surface area contributed by atoms with Crippen LogP contribution in [0.15, 0.2) is 0 Å². The second-order valence-electron chi connectivity index (χ2n) is 5.99. The van der Waals surface area contributed by atoms with Crippen LogP contribution >= 0.6 is 0 Å². The molecule has 0 aliphatic carbocycles. The van der Waals surface area contributed by atoms with Crippen molar-refractivity contribution in [3.05, 3.63) is 0 Å². The molecule has 0 aromatic carbocycles. The highest BCUT2D eigenvalue weighted by molar-refractivity contribution is 6.85. The van der Waals surface area contributed by atoms with E-state index >= 15 is 0 Å². The first-order valence-corrected chi connectivity index (χ1v) is 15.3. The number of nitrogens with zero attached hydrogens (tertiary/aromatic N) is 1. The van der Waals surface area contributed by atoms with Gasteiger partial charge in [-0.05, 0) is 32.7 Å². The molecule has 0 aromatic heterocycles. The van der Waals surface area contributed by atoms with Crippen molar-refractivity contribution in [2.75, 3.05) is 20.2 Å². The van der Waals surface area contributed by atoms with Gasteiger partial charge in [0.05, 0.1) is 0 Å². The van der Waals surface area contributed by atoms with E-state index in [9.17, 15) is 0 Å². The first-order valence-electron chi connectivity index (χ1n) is 6.86. The molecule has 0 bridgehead atoms. The summed E-state index contributed by atoms with van der Waals surface area (Å²) < 4.78 is 23.9. The van der Waals surface area contributed by atoms with E-state index in [1.165, 1.54) is 0 Å². The van der Waals surface area contributed by atoms with Gasteiger partial charge in [0.25, 0.3) is 0 Å². The average Bonchev–Trinajstić information content (AvgIpc) is 2.21. The van der Waals surface area contributed by atoms with Crippen molar-refractivity contribution < 1.29 is 17.2 Å². The summed E-state index contributed by atoms with van der Waals surface area (Å²) in [6, 6.07) is 0. The SMILES string of the molecule is CCN(CC)O[Si](C)(OC)O[Si](C)(C)O[Si](C)(C)C. The molecule has 116 valence electrons. The van der Waals surface area contributed by atoms with Gasteiger partial charge in [-0.1, -0.05) is 13.8 Å². The summed E-state index contributed by atoms with van der Waals surface area (Å²) >= 11 is 0. The molecule has 0 aliphatic rings. The summed E-state index contributed by atoms with van der Waals surface area (Å²) in [6.07, 6.45) is 0. The maximum atomic E-state index is 6.19. The van der Waals surface area contributed by atoms with E-state index in [2.05, 4.69) is 46.6 Å².